The minimum absolute atomic E-state index is 0.0556. The second kappa shape index (κ2) is 10.1. The van der Waals surface area contributed by atoms with E-state index in [1.165, 1.54) is 44.9 Å². The Morgan fingerprint density at radius 3 is 2.50 bits per heavy atom. The number of rotatable bonds is 5. The van der Waals surface area contributed by atoms with Crippen molar-refractivity contribution in [1.29, 1.82) is 0 Å². The van der Waals surface area contributed by atoms with Gasteiger partial charge in [0.05, 0.1) is 12.3 Å². The SMILES string of the molecule is CC(CCC(=O)N1CCN(c2cn(C)nn2)CC1)[C@H]1CC[C@H]2[C@@H]3CC[C@H]4C[C@@H](O)CC[C@]4(C)[C@H]3CC[C@]12C. The minimum atomic E-state index is -0.0556. The van der Waals surface area contributed by atoms with Crippen molar-refractivity contribution in [2.45, 2.75) is 97.5 Å². The predicted molar refractivity (Wildman–Crippen MR) is 149 cm³/mol. The molecule has 2 heterocycles. The molecule has 0 bridgehead atoms. The second-order valence-corrected chi connectivity index (χ2v) is 14.4. The van der Waals surface area contributed by atoms with E-state index < -0.39 is 0 Å². The number of hydrogen-bond donors (Lipinski definition) is 1. The standard InChI is InChI=1S/C31H51N5O2/c1-21(5-10-29(38)36-17-15-35(16-18-36)28-20-34(4)33-32-28)25-8-9-26-24-7-6-22-19-23(37)11-13-30(22,2)27(24)12-14-31(25,26)3/h20-27,37H,5-19H2,1-4H3/t21?,22-,23-,24-,25+,26-,27-,30-,31+/m0/s1. The van der Waals surface area contributed by atoms with Crippen molar-refractivity contribution in [3.05, 3.63) is 6.20 Å². The minimum Gasteiger partial charge on any atom is -0.393 e. The molecule has 4 aliphatic carbocycles. The van der Waals surface area contributed by atoms with Gasteiger partial charge in [-0.05, 0) is 111 Å². The quantitative estimate of drug-likeness (QED) is 0.592. The summed E-state index contributed by atoms with van der Waals surface area (Å²) in [5, 5.41) is 18.6. The van der Waals surface area contributed by atoms with Crippen LogP contribution in [-0.4, -0.2) is 63.2 Å². The lowest BCUT2D eigenvalue weighted by atomic mass is 9.44. The van der Waals surface area contributed by atoms with Gasteiger partial charge in [0.25, 0.3) is 0 Å². The van der Waals surface area contributed by atoms with Gasteiger partial charge in [-0.1, -0.05) is 26.0 Å². The number of piperazine rings is 1. The highest BCUT2D eigenvalue weighted by atomic mass is 16.3. The van der Waals surface area contributed by atoms with Crippen molar-refractivity contribution in [3.63, 3.8) is 0 Å². The van der Waals surface area contributed by atoms with Gasteiger partial charge in [-0.2, -0.15) is 0 Å². The number of hydrogen-bond acceptors (Lipinski definition) is 5. The summed E-state index contributed by atoms with van der Waals surface area (Å²) in [5.41, 5.74) is 0.903. The Kier molecular flexibility index (Phi) is 7.05. The molecule has 6 rings (SSSR count). The van der Waals surface area contributed by atoms with Crippen molar-refractivity contribution in [2.75, 3.05) is 31.1 Å². The number of fused-ring (bicyclic) bond motifs is 5. The smallest absolute Gasteiger partial charge is 0.222 e. The average molecular weight is 526 g/mol. The summed E-state index contributed by atoms with van der Waals surface area (Å²) in [6.45, 7) is 10.9. The van der Waals surface area contributed by atoms with Crippen molar-refractivity contribution in [2.24, 2.45) is 53.4 Å². The molecule has 4 saturated carbocycles. The van der Waals surface area contributed by atoms with Gasteiger partial charge in [-0.25, -0.2) is 0 Å². The molecule has 1 N–H and O–H groups in total. The highest BCUT2D eigenvalue weighted by Gasteiger charge is 2.60. The van der Waals surface area contributed by atoms with Crippen LogP contribution in [0.1, 0.15) is 91.4 Å². The molecule has 5 aliphatic rings. The Hall–Kier alpha value is -1.63. The van der Waals surface area contributed by atoms with E-state index in [-0.39, 0.29) is 6.10 Å². The zero-order chi connectivity index (χ0) is 26.7. The van der Waals surface area contributed by atoms with E-state index in [1.54, 1.807) is 4.68 Å². The van der Waals surface area contributed by atoms with Gasteiger partial charge in [0.1, 0.15) is 0 Å². The number of amides is 1. The fourth-order valence-corrected chi connectivity index (χ4v) is 10.6. The Morgan fingerprint density at radius 2 is 1.76 bits per heavy atom. The van der Waals surface area contributed by atoms with Crippen molar-refractivity contribution < 1.29 is 9.90 Å². The van der Waals surface area contributed by atoms with E-state index in [0.29, 0.717) is 29.1 Å². The number of carbonyl (C=O) groups is 1. The molecule has 1 aromatic heterocycles. The van der Waals surface area contributed by atoms with Crippen LogP contribution in [0.4, 0.5) is 5.82 Å². The van der Waals surface area contributed by atoms with E-state index in [0.717, 1.165) is 80.8 Å². The third kappa shape index (κ3) is 4.49. The molecule has 0 aromatic carbocycles. The highest BCUT2D eigenvalue weighted by Crippen LogP contribution is 2.68. The van der Waals surface area contributed by atoms with Gasteiger partial charge in [-0.15, -0.1) is 5.10 Å². The van der Waals surface area contributed by atoms with Crippen LogP contribution in [-0.2, 0) is 11.8 Å². The Labute approximate surface area is 229 Å². The van der Waals surface area contributed by atoms with Crippen LogP contribution in [0.3, 0.4) is 0 Å². The summed E-state index contributed by atoms with van der Waals surface area (Å²) in [6, 6.07) is 0. The molecule has 7 heteroatoms. The zero-order valence-electron chi connectivity index (χ0n) is 24.3. The molecule has 1 aliphatic heterocycles. The van der Waals surface area contributed by atoms with E-state index in [9.17, 15) is 9.90 Å². The van der Waals surface area contributed by atoms with Gasteiger partial charge in [-0.3, -0.25) is 9.48 Å². The fraction of sp³-hybridized carbons (Fsp3) is 0.903. The molecule has 1 saturated heterocycles. The number of anilines is 1. The van der Waals surface area contributed by atoms with Gasteiger partial charge >= 0.3 is 0 Å². The molecule has 1 amide bonds. The van der Waals surface area contributed by atoms with Crippen molar-refractivity contribution in [3.8, 4) is 0 Å². The van der Waals surface area contributed by atoms with Gasteiger partial charge in [0.2, 0.25) is 5.91 Å². The number of aliphatic hydroxyl groups is 1. The Balaban J connectivity index is 1.03. The lowest BCUT2D eigenvalue weighted by Crippen LogP contribution is -2.54. The fourth-order valence-electron chi connectivity index (χ4n) is 10.6. The van der Waals surface area contributed by atoms with Crippen LogP contribution in [0.15, 0.2) is 6.20 Å². The summed E-state index contributed by atoms with van der Waals surface area (Å²) in [5.74, 6) is 5.97. The number of aromatic nitrogens is 3. The number of carbonyl (C=O) groups excluding carboxylic acids is 1. The van der Waals surface area contributed by atoms with Crippen LogP contribution in [0.2, 0.25) is 0 Å². The third-order valence-corrected chi connectivity index (χ3v) is 12.8. The van der Waals surface area contributed by atoms with E-state index in [2.05, 4.69) is 40.9 Å². The van der Waals surface area contributed by atoms with Gasteiger partial charge < -0.3 is 14.9 Å². The first-order valence-electron chi connectivity index (χ1n) is 15.8. The summed E-state index contributed by atoms with van der Waals surface area (Å²) >= 11 is 0. The van der Waals surface area contributed by atoms with Gasteiger partial charge in [0, 0.05) is 39.6 Å². The molecule has 1 aromatic rings. The van der Waals surface area contributed by atoms with Gasteiger partial charge in [0.15, 0.2) is 5.82 Å². The molecular weight excluding hydrogens is 474 g/mol. The first kappa shape index (κ1) is 26.6. The largest absolute Gasteiger partial charge is 0.393 e. The lowest BCUT2D eigenvalue weighted by Gasteiger charge is -2.61. The normalized spacial score (nSPS) is 41.8. The molecular formula is C31H51N5O2. The van der Waals surface area contributed by atoms with Crippen LogP contribution in [0.25, 0.3) is 0 Å². The predicted octanol–water partition coefficient (Wildman–Crippen LogP) is 4.90. The van der Waals surface area contributed by atoms with Crippen LogP contribution < -0.4 is 4.90 Å². The Bertz CT molecular complexity index is 1000. The molecule has 0 radical (unpaired) electrons. The van der Waals surface area contributed by atoms with Crippen molar-refractivity contribution in [1.82, 2.24) is 19.9 Å². The molecule has 0 spiro atoms. The van der Waals surface area contributed by atoms with Crippen LogP contribution in [0, 0.1) is 46.3 Å². The molecule has 7 nitrogen and oxygen atoms in total. The second-order valence-electron chi connectivity index (χ2n) is 14.4. The topological polar surface area (TPSA) is 74.5 Å². The monoisotopic (exact) mass is 525 g/mol. The molecule has 5 fully saturated rings. The molecule has 38 heavy (non-hydrogen) atoms. The van der Waals surface area contributed by atoms with E-state index >= 15 is 0 Å². The summed E-state index contributed by atoms with van der Waals surface area (Å²) in [4.78, 5) is 17.5. The zero-order valence-corrected chi connectivity index (χ0v) is 24.3. The number of aliphatic hydroxyl groups excluding tert-OH is 1. The van der Waals surface area contributed by atoms with Crippen LogP contribution in [0.5, 0.6) is 0 Å². The molecule has 9 atom stereocenters. The summed E-state index contributed by atoms with van der Waals surface area (Å²) in [6.07, 6.45) is 15.1. The molecule has 212 valence electrons. The summed E-state index contributed by atoms with van der Waals surface area (Å²) < 4.78 is 1.74. The van der Waals surface area contributed by atoms with Crippen LogP contribution >= 0.6 is 0 Å². The maximum Gasteiger partial charge on any atom is 0.222 e. The average Bonchev–Trinajstić information content (AvgIpc) is 3.50. The van der Waals surface area contributed by atoms with Crippen molar-refractivity contribution >= 4 is 11.7 Å². The summed E-state index contributed by atoms with van der Waals surface area (Å²) in [7, 11) is 1.89. The first-order chi connectivity index (χ1) is 18.2. The number of nitrogens with zero attached hydrogens (tertiary/aromatic N) is 5. The Morgan fingerprint density at radius 1 is 1.03 bits per heavy atom. The number of aryl methyl sites for hydroxylation is 1. The maximum atomic E-state index is 13.2. The third-order valence-electron chi connectivity index (χ3n) is 12.8. The lowest BCUT2D eigenvalue weighted by molar-refractivity contribution is -0.133. The highest BCUT2D eigenvalue weighted by molar-refractivity contribution is 5.76. The van der Waals surface area contributed by atoms with E-state index in [4.69, 9.17) is 0 Å². The maximum absolute atomic E-state index is 13.2. The van der Waals surface area contributed by atoms with E-state index in [1.807, 2.05) is 13.2 Å². The molecule has 1 unspecified atom stereocenters. The first-order valence-corrected chi connectivity index (χ1v) is 15.8.